The summed E-state index contributed by atoms with van der Waals surface area (Å²) in [5, 5.41) is 0. The molecule has 0 aromatic carbocycles. The number of hydrogen-bond donors (Lipinski definition) is 0. The lowest BCUT2D eigenvalue weighted by Crippen LogP contribution is -2.41. The predicted molar refractivity (Wildman–Crippen MR) is 60.7 cm³/mol. The van der Waals surface area contributed by atoms with E-state index in [1.807, 2.05) is 0 Å². The Morgan fingerprint density at radius 1 is 1.38 bits per heavy atom. The van der Waals surface area contributed by atoms with Crippen molar-refractivity contribution in [2.24, 2.45) is 5.41 Å². The van der Waals surface area contributed by atoms with E-state index in [0.717, 1.165) is 6.08 Å². The standard InChI is InChI=1S/C12H18O4/c1-6-7-12(8-9(2)3,10(13)15-4)11(14)16-5/h6H,1-2,7-8H2,3-5H3/i1D2. The monoisotopic (exact) mass is 228 g/mol. The summed E-state index contributed by atoms with van der Waals surface area (Å²) in [6, 6.07) is 0. The Morgan fingerprint density at radius 3 is 2.19 bits per heavy atom. The zero-order chi connectivity index (χ0) is 14.3. The highest BCUT2D eigenvalue weighted by Crippen LogP contribution is 2.33. The number of methoxy groups -OCH3 is 2. The molecule has 0 saturated carbocycles. The summed E-state index contributed by atoms with van der Waals surface area (Å²) in [6.07, 6.45) is 1.09. The third-order valence-corrected chi connectivity index (χ3v) is 2.21. The van der Waals surface area contributed by atoms with Crippen LogP contribution in [0.3, 0.4) is 0 Å². The topological polar surface area (TPSA) is 52.6 Å². The van der Waals surface area contributed by atoms with E-state index in [0.29, 0.717) is 5.57 Å². The second-order valence-corrected chi connectivity index (χ2v) is 3.61. The summed E-state index contributed by atoms with van der Waals surface area (Å²) in [5.74, 6) is -1.51. The van der Waals surface area contributed by atoms with E-state index >= 15 is 0 Å². The van der Waals surface area contributed by atoms with E-state index in [9.17, 15) is 9.59 Å². The number of hydrogen-bond acceptors (Lipinski definition) is 4. The summed E-state index contributed by atoms with van der Waals surface area (Å²) >= 11 is 0. The molecule has 0 fully saturated rings. The molecule has 0 aliphatic rings. The summed E-state index contributed by atoms with van der Waals surface area (Å²) in [5.41, 5.74) is -0.960. The molecule has 0 spiro atoms. The van der Waals surface area contributed by atoms with E-state index in [1.54, 1.807) is 6.92 Å². The first-order valence-corrected chi connectivity index (χ1v) is 4.74. The van der Waals surface area contributed by atoms with Gasteiger partial charge in [0.15, 0.2) is 5.41 Å². The molecule has 4 nitrogen and oxygen atoms in total. The highest BCUT2D eigenvalue weighted by Gasteiger charge is 2.47. The Hall–Kier alpha value is -1.58. The third-order valence-electron chi connectivity index (χ3n) is 2.21. The fourth-order valence-corrected chi connectivity index (χ4v) is 1.55. The summed E-state index contributed by atoms with van der Waals surface area (Å²) in [4.78, 5) is 23.7. The molecule has 0 bridgehead atoms. The van der Waals surface area contributed by atoms with Crippen LogP contribution in [0, 0.1) is 5.41 Å². The van der Waals surface area contributed by atoms with Crippen LogP contribution in [0.2, 0.25) is 0 Å². The highest BCUT2D eigenvalue weighted by atomic mass is 16.5. The second-order valence-electron chi connectivity index (χ2n) is 3.61. The average Bonchev–Trinajstić information content (AvgIpc) is 2.31. The lowest BCUT2D eigenvalue weighted by molar-refractivity contribution is -0.168. The minimum absolute atomic E-state index is 0.0517. The molecular weight excluding hydrogens is 208 g/mol. The van der Waals surface area contributed by atoms with Gasteiger partial charge in [-0.2, -0.15) is 0 Å². The first kappa shape index (κ1) is 10.9. The molecule has 0 N–H and O–H groups in total. The number of carbonyl (C=O) groups excluding carboxylic acids is 2. The number of esters is 2. The van der Waals surface area contributed by atoms with Crippen molar-refractivity contribution >= 4 is 11.9 Å². The first-order chi connectivity index (χ1) is 8.30. The lowest BCUT2D eigenvalue weighted by atomic mass is 9.79. The number of rotatable bonds is 6. The SMILES string of the molecule is [2H]C([2H])=CCC(CC(=C)C)(C(=O)OC)C(=O)OC. The van der Waals surface area contributed by atoms with Gasteiger partial charge in [0.1, 0.15) is 0 Å². The van der Waals surface area contributed by atoms with Crippen molar-refractivity contribution in [3.63, 3.8) is 0 Å². The molecule has 0 aromatic rings. The fourth-order valence-electron chi connectivity index (χ4n) is 1.55. The van der Waals surface area contributed by atoms with Gasteiger partial charge >= 0.3 is 11.9 Å². The van der Waals surface area contributed by atoms with Gasteiger partial charge in [-0.15, -0.1) is 13.1 Å². The maximum Gasteiger partial charge on any atom is 0.323 e. The average molecular weight is 228 g/mol. The van der Waals surface area contributed by atoms with Crippen molar-refractivity contribution in [3.05, 3.63) is 24.8 Å². The van der Waals surface area contributed by atoms with Crippen molar-refractivity contribution < 1.29 is 21.8 Å². The van der Waals surface area contributed by atoms with Gasteiger partial charge in [-0.05, 0) is 19.8 Å². The third kappa shape index (κ3) is 2.95. The molecule has 0 aliphatic heterocycles. The Labute approximate surface area is 98.7 Å². The van der Waals surface area contributed by atoms with Crippen LogP contribution in [0.4, 0.5) is 0 Å². The van der Waals surface area contributed by atoms with Crippen LogP contribution in [-0.4, -0.2) is 26.2 Å². The zero-order valence-electron chi connectivity index (χ0n) is 11.8. The molecule has 0 saturated heterocycles. The van der Waals surface area contributed by atoms with Crippen LogP contribution in [0.15, 0.2) is 24.8 Å². The van der Waals surface area contributed by atoms with Crippen LogP contribution in [0.1, 0.15) is 22.5 Å². The Kier molecular flexibility index (Phi) is 4.16. The molecule has 0 rings (SSSR count). The van der Waals surface area contributed by atoms with Crippen molar-refractivity contribution in [1.82, 2.24) is 0 Å². The normalized spacial score (nSPS) is 11.9. The Morgan fingerprint density at radius 2 is 1.88 bits per heavy atom. The van der Waals surface area contributed by atoms with Crippen molar-refractivity contribution in [3.8, 4) is 0 Å². The zero-order valence-corrected chi connectivity index (χ0v) is 9.83. The van der Waals surface area contributed by atoms with E-state index in [2.05, 4.69) is 16.1 Å². The van der Waals surface area contributed by atoms with Crippen LogP contribution in [-0.2, 0) is 19.1 Å². The highest BCUT2D eigenvalue weighted by molar-refractivity contribution is 6.00. The van der Waals surface area contributed by atoms with E-state index in [1.165, 1.54) is 14.2 Å². The summed E-state index contributed by atoms with van der Waals surface area (Å²) < 4.78 is 23.4. The second kappa shape index (κ2) is 6.10. The van der Waals surface area contributed by atoms with Crippen LogP contribution >= 0.6 is 0 Å². The molecule has 0 radical (unpaired) electrons. The van der Waals surface area contributed by atoms with E-state index < -0.39 is 23.9 Å². The minimum Gasteiger partial charge on any atom is -0.468 e. The number of carbonyl (C=O) groups is 2. The Balaban J connectivity index is 5.53. The van der Waals surface area contributed by atoms with Gasteiger partial charge in [0, 0.05) is 0 Å². The Bertz CT molecular complexity index is 354. The molecule has 90 valence electrons. The van der Waals surface area contributed by atoms with Crippen molar-refractivity contribution in [2.45, 2.75) is 19.8 Å². The molecule has 0 atom stereocenters. The fraction of sp³-hybridized carbons (Fsp3) is 0.500. The van der Waals surface area contributed by atoms with E-state index in [-0.39, 0.29) is 12.8 Å². The summed E-state index contributed by atoms with van der Waals surface area (Å²) in [6.45, 7) is 4.87. The van der Waals surface area contributed by atoms with Gasteiger partial charge in [0.25, 0.3) is 0 Å². The van der Waals surface area contributed by atoms with Gasteiger partial charge in [-0.25, -0.2) is 0 Å². The smallest absolute Gasteiger partial charge is 0.323 e. The maximum atomic E-state index is 11.9. The molecule has 0 aliphatic carbocycles. The molecule has 16 heavy (non-hydrogen) atoms. The van der Waals surface area contributed by atoms with Crippen LogP contribution < -0.4 is 0 Å². The predicted octanol–water partition coefficient (Wildman–Crippen LogP) is 1.86. The summed E-state index contributed by atoms with van der Waals surface area (Å²) in [7, 11) is 2.34. The van der Waals surface area contributed by atoms with Gasteiger partial charge in [-0.3, -0.25) is 9.59 Å². The maximum absolute atomic E-state index is 11.9. The van der Waals surface area contributed by atoms with Crippen LogP contribution in [0.25, 0.3) is 0 Å². The van der Waals surface area contributed by atoms with Crippen LogP contribution in [0.5, 0.6) is 0 Å². The van der Waals surface area contributed by atoms with Gasteiger partial charge in [-0.1, -0.05) is 11.6 Å². The molecular formula is C12H18O4. The van der Waals surface area contributed by atoms with Crippen molar-refractivity contribution in [1.29, 1.82) is 0 Å². The number of ether oxygens (including phenoxy) is 2. The lowest BCUT2D eigenvalue weighted by Gasteiger charge is -2.27. The van der Waals surface area contributed by atoms with Gasteiger partial charge in [0.05, 0.1) is 17.0 Å². The first-order valence-electron chi connectivity index (χ1n) is 5.74. The minimum atomic E-state index is -1.57. The molecule has 0 aromatic heterocycles. The molecule has 0 amide bonds. The van der Waals surface area contributed by atoms with Gasteiger partial charge in [0.2, 0.25) is 0 Å². The quantitative estimate of drug-likeness (QED) is 0.395. The van der Waals surface area contributed by atoms with E-state index in [4.69, 9.17) is 2.74 Å². The molecule has 0 heterocycles. The largest absolute Gasteiger partial charge is 0.468 e. The van der Waals surface area contributed by atoms with Crippen molar-refractivity contribution in [2.75, 3.05) is 14.2 Å². The van der Waals surface area contributed by atoms with Gasteiger partial charge < -0.3 is 9.47 Å². The molecule has 4 heteroatoms. The number of allylic oxidation sites excluding steroid dienone is 2. The molecule has 0 unspecified atom stereocenters.